The van der Waals surface area contributed by atoms with Gasteiger partial charge in [-0.05, 0) is 49.2 Å². The maximum Gasteiger partial charge on any atom is 0.337 e. The van der Waals surface area contributed by atoms with Crippen molar-refractivity contribution in [2.45, 2.75) is 13.3 Å². The molecule has 2 unspecified atom stereocenters. The molecule has 1 fully saturated rings. The number of carbonyl (C=O) groups is 3. The normalized spacial score (nSPS) is 17.7. The smallest absolute Gasteiger partial charge is 0.337 e. The predicted octanol–water partition coefficient (Wildman–Crippen LogP) is 3.65. The van der Waals surface area contributed by atoms with Gasteiger partial charge in [0.1, 0.15) is 0 Å². The van der Waals surface area contributed by atoms with Crippen LogP contribution in [0.25, 0.3) is 0 Å². The number of hydrogen-bond donors (Lipinski definition) is 2. The van der Waals surface area contributed by atoms with Gasteiger partial charge < -0.3 is 15.4 Å². The van der Waals surface area contributed by atoms with Crippen molar-refractivity contribution in [2.24, 2.45) is 11.8 Å². The minimum atomic E-state index is -0.480. The molecule has 2 aromatic rings. The minimum Gasteiger partial charge on any atom is -0.465 e. The summed E-state index contributed by atoms with van der Waals surface area (Å²) in [5.41, 5.74) is 2.36. The number of aryl methyl sites for hydroxylation is 1. The molecule has 2 atom stereocenters. The van der Waals surface area contributed by atoms with Crippen molar-refractivity contribution < 1.29 is 19.1 Å². The van der Waals surface area contributed by atoms with Crippen molar-refractivity contribution in [3.05, 3.63) is 58.6 Å². The SMILES string of the molecule is COC(=O)c1cccc(NC(=O)C2CC2C(=O)Nc2ccc(C)c(Cl)c2)c1. The fourth-order valence-corrected chi connectivity index (χ4v) is 2.94. The van der Waals surface area contributed by atoms with E-state index < -0.39 is 11.9 Å². The molecular formula is C20H19ClN2O4. The Morgan fingerprint density at radius 1 is 1.00 bits per heavy atom. The summed E-state index contributed by atoms with van der Waals surface area (Å²) in [5.74, 6) is -1.72. The molecule has 7 heteroatoms. The Morgan fingerprint density at radius 3 is 2.22 bits per heavy atom. The zero-order valence-electron chi connectivity index (χ0n) is 14.9. The van der Waals surface area contributed by atoms with Crippen LogP contribution in [0.3, 0.4) is 0 Å². The van der Waals surface area contributed by atoms with E-state index >= 15 is 0 Å². The molecule has 0 bridgehead atoms. The summed E-state index contributed by atoms with van der Waals surface area (Å²) in [6.45, 7) is 1.88. The Hall–Kier alpha value is -2.86. The Labute approximate surface area is 161 Å². The third kappa shape index (κ3) is 4.46. The standard InChI is InChI=1S/C20H19ClN2O4/c1-11-6-7-14(9-17(11)21)23-19(25)16-10-15(16)18(24)22-13-5-3-4-12(8-13)20(26)27-2/h3-9,15-16H,10H2,1-2H3,(H,22,24)(H,23,25). The molecule has 6 nitrogen and oxygen atoms in total. The molecule has 3 rings (SSSR count). The third-order valence-electron chi connectivity index (χ3n) is 4.45. The summed E-state index contributed by atoms with van der Waals surface area (Å²) in [6, 6.07) is 11.7. The van der Waals surface area contributed by atoms with Gasteiger partial charge in [0.2, 0.25) is 11.8 Å². The molecule has 0 saturated heterocycles. The third-order valence-corrected chi connectivity index (χ3v) is 4.86. The molecule has 0 spiro atoms. The molecule has 0 aromatic heterocycles. The van der Waals surface area contributed by atoms with Crippen molar-refractivity contribution in [1.29, 1.82) is 0 Å². The van der Waals surface area contributed by atoms with E-state index in [4.69, 9.17) is 11.6 Å². The summed E-state index contributed by atoms with van der Waals surface area (Å²) < 4.78 is 4.66. The largest absolute Gasteiger partial charge is 0.465 e. The number of halogens is 1. The van der Waals surface area contributed by atoms with E-state index in [2.05, 4.69) is 15.4 Å². The number of carbonyl (C=O) groups excluding carboxylic acids is 3. The Balaban J connectivity index is 1.58. The highest BCUT2D eigenvalue weighted by Gasteiger charge is 2.48. The summed E-state index contributed by atoms with van der Waals surface area (Å²) >= 11 is 6.06. The molecule has 2 amide bonds. The highest BCUT2D eigenvalue weighted by atomic mass is 35.5. The second-order valence-electron chi connectivity index (χ2n) is 6.46. The minimum absolute atomic E-state index is 0.210. The second-order valence-corrected chi connectivity index (χ2v) is 6.87. The highest BCUT2D eigenvalue weighted by Crippen LogP contribution is 2.40. The number of methoxy groups -OCH3 is 1. The van der Waals surface area contributed by atoms with E-state index in [1.165, 1.54) is 13.2 Å². The maximum atomic E-state index is 12.4. The van der Waals surface area contributed by atoms with Crippen molar-refractivity contribution in [3.63, 3.8) is 0 Å². The van der Waals surface area contributed by atoms with Crippen molar-refractivity contribution in [1.82, 2.24) is 0 Å². The summed E-state index contributed by atoms with van der Waals surface area (Å²) in [5, 5.41) is 6.10. The van der Waals surface area contributed by atoms with E-state index in [1.807, 2.05) is 13.0 Å². The molecule has 2 N–H and O–H groups in total. The Morgan fingerprint density at radius 2 is 1.63 bits per heavy atom. The number of ether oxygens (including phenoxy) is 1. The molecule has 1 aliphatic rings. The molecule has 27 heavy (non-hydrogen) atoms. The van der Waals surface area contributed by atoms with Gasteiger partial charge >= 0.3 is 5.97 Å². The van der Waals surface area contributed by atoms with Gasteiger partial charge in [-0.15, -0.1) is 0 Å². The summed E-state index contributed by atoms with van der Waals surface area (Å²) in [7, 11) is 1.29. The van der Waals surface area contributed by atoms with Crippen LogP contribution in [0.2, 0.25) is 5.02 Å². The lowest BCUT2D eigenvalue weighted by molar-refractivity contribution is -0.122. The van der Waals surface area contributed by atoms with E-state index in [-0.39, 0.29) is 17.7 Å². The van der Waals surface area contributed by atoms with E-state index in [9.17, 15) is 14.4 Å². The first kappa shape index (κ1) is 18.9. The van der Waals surface area contributed by atoms with Crippen molar-refractivity contribution >= 4 is 40.8 Å². The van der Waals surface area contributed by atoms with Gasteiger partial charge in [0.15, 0.2) is 0 Å². The lowest BCUT2D eigenvalue weighted by atomic mass is 10.2. The zero-order chi connectivity index (χ0) is 19.6. The van der Waals surface area contributed by atoms with Crippen LogP contribution in [0.5, 0.6) is 0 Å². The predicted molar refractivity (Wildman–Crippen MR) is 103 cm³/mol. The molecule has 2 aromatic carbocycles. The van der Waals surface area contributed by atoms with Crippen molar-refractivity contribution in [3.8, 4) is 0 Å². The first-order chi connectivity index (χ1) is 12.9. The first-order valence-corrected chi connectivity index (χ1v) is 8.83. The number of amides is 2. The number of rotatable bonds is 5. The van der Waals surface area contributed by atoms with Crippen LogP contribution in [-0.2, 0) is 14.3 Å². The summed E-state index contributed by atoms with van der Waals surface area (Å²) in [6.07, 6.45) is 0.480. The molecule has 0 aliphatic heterocycles. The van der Waals surface area contributed by atoms with Crippen LogP contribution >= 0.6 is 11.6 Å². The van der Waals surface area contributed by atoms with Gasteiger partial charge in [-0.3, -0.25) is 9.59 Å². The average Bonchev–Trinajstić information content (AvgIpc) is 3.45. The number of esters is 1. The number of anilines is 2. The fraction of sp³-hybridized carbons (Fsp3) is 0.250. The summed E-state index contributed by atoms with van der Waals surface area (Å²) in [4.78, 5) is 36.2. The molecule has 1 aliphatic carbocycles. The molecule has 0 radical (unpaired) electrons. The van der Waals surface area contributed by atoms with Crippen LogP contribution in [0.15, 0.2) is 42.5 Å². The second kappa shape index (κ2) is 7.80. The maximum absolute atomic E-state index is 12.4. The van der Waals surface area contributed by atoms with Crippen LogP contribution in [0, 0.1) is 18.8 Å². The Bertz CT molecular complexity index is 913. The first-order valence-electron chi connectivity index (χ1n) is 8.45. The zero-order valence-corrected chi connectivity index (χ0v) is 15.7. The molecule has 0 heterocycles. The van der Waals surface area contributed by atoms with Gasteiger partial charge in [0.05, 0.1) is 24.5 Å². The lowest BCUT2D eigenvalue weighted by Gasteiger charge is -2.08. The van der Waals surface area contributed by atoms with Crippen LogP contribution in [0.4, 0.5) is 11.4 Å². The van der Waals surface area contributed by atoms with Gasteiger partial charge in [-0.1, -0.05) is 23.7 Å². The van der Waals surface area contributed by atoms with E-state index in [0.29, 0.717) is 28.4 Å². The molecule has 1 saturated carbocycles. The highest BCUT2D eigenvalue weighted by molar-refractivity contribution is 6.31. The van der Waals surface area contributed by atoms with E-state index in [1.54, 1.807) is 30.3 Å². The average molecular weight is 387 g/mol. The number of hydrogen-bond acceptors (Lipinski definition) is 4. The van der Waals surface area contributed by atoms with Gasteiger partial charge in [0, 0.05) is 16.4 Å². The Kier molecular flexibility index (Phi) is 5.46. The van der Waals surface area contributed by atoms with Gasteiger partial charge in [-0.2, -0.15) is 0 Å². The number of benzene rings is 2. The number of nitrogens with one attached hydrogen (secondary N) is 2. The monoisotopic (exact) mass is 386 g/mol. The van der Waals surface area contributed by atoms with Crippen LogP contribution in [0.1, 0.15) is 22.3 Å². The van der Waals surface area contributed by atoms with E-state index in [0.717, 1.165) is 5.56 Å². The topological polar surface area (TPSA) is 84.5 Å². The van der Waals surface area contributed by atoms with Gasteiger partial charge in [-0.25, -0.2) is 4.79 Å². The van der Waals surface area contributed by atoms with Crippen molar-refractivity contribution in [2.75, 3.05) is 17.7 Å². The van der Waals surface area contributed by atoms with Crippen LogP contribution in [-0.4, -0.2) is 24.9 Å². The van der Waals surface area contributed by atoms with Gasteiger partial charge in [0.25, 0.3) is 0 Å². The quantitative estimate of drug-likeness (QED) is 0.768. The fourth-order valence-electron chi connectivity index (χ4n) is 2.76. The molecule has 140 valence electrons. The molecular weight excluding hydrogens is 368 g/mol. The van der Waals surface area contributed by atoms with Crippen LogP contribution < -0.4 is 10.6 Å². The lowest BCUT2D eigenvalue weighted by Crippen LogP contribution is -2.20.